The third-order valence-electron chi connectivity index (χ3n) is 8.46. The first-order valence-corrected chi connectivity index (χ1v) is 13.9. The van der Waals surface area contributed by atoms with Crippen LogP contribution >= 0.6 is 11.3 Å². The minimum atomic E-state index is -0.218. The zero-order valence-electron chi connectivity index (χ0n) is 20.5. The highest BCUT2D eigenvalue weighted by Crippen LogP contribution is 2.54. The van der Waals surface area contributed by atoms with E-state index in [1.54, 1.807) is 11.3 Å². The van der Waals surface area contributed by atoms with Crippen molar-refractivity contribution in [2.45, 2.75) is 62.7 Å². The second-order valence-corrected chi connectivity index (χ2v) is 11.6. The predicted octanol–water partition coefficient (Wildman–Crippen LogP) is 2.92. The molecule has 190 valence electrons. The number of aromatic amines is 1. The summed E-state index contributed by atoms with van der Waals surface area (Å²) < 4.78 is 5.46. The van der Waals surface area contributed by atoms with Gasteiger partial charge in [0.1, 0.15) is 10.6 Å². The first-order chi connectivity index (χ1) is 17.6. The molecule has 11 heteroatoms. The van der Waals surface area contributed by atoms with Crippen molar-refractivity contribution < 1.29 is 9.53 Å². The van der Waals surface area contributed by atoms with Gasteiger partial charge in [-0.25, -0.2) is 4.98 Å². The number of hydrogen-bond acceptors (Lipinski definition) is 10. The quantitative estimate of drug-likeness (QED) is 0.444. The molecule has 10 nitrogen and oxygen atoms in total. The predicted molar refractivity (Wildman–Crippen MR) is 139 cm³/mol. The van der Waals surface area contributed by atoms with E-state index < -0.39 is 0 Å². The minimum absolute atomic E-state index is 0.218. The number of morpholine rings is 1. The number of ketones is 1. The third kappa shape index (κ3) is 3.80. The molecule has 0 radical (unpaired) electrons. The Hall–Kier alpha value is -2.60. The molecule has 0 bridgehead atoms. The summed E-state index contributed by atoms with van der Waals surface area (Å²) in [7, 11) is 0. The molecule has 7 heterocycles. The average molecular weight is 509 g/mol. The molecule has 3 N–H and O–H groups in total. The molecule has 7 rings (SSSR count). The summed E-state index contributed by atoms with van der Waals surface area (Å²) in [6.07, 6.45) is 5.13. The molecule has 4 fully saturated rings. The van der Waals surface area contributed by atoms with Gasteiger partial charge in [-0.2, -0.15) is 10.1 Å². The molecular weight excluding hydrogens is 476 g/mol. The fourth-order valence-corrected chi connectivity index (χ4v) is 7.62. The molecule has 4 aliphatic heterocycles. The van der Waals surface area contributed by atoms with Crippen molar-refractivity contribution >= 4 is 44.9 Å². The number of fused-ring (bicyclic) bond motifs is 1. The van der Waals surface area contributed by atoms with Crippen molar-refractivity contribution in [3.63, 3.8) is 0 Å². The molecule has 3 aromatic heterocycles. The van der Waals surface area contributed by atoms with Crippen molar-refractivity contribution in [3.8, 4) is 0 Å². The fraction of sp³-hybridized carbons (Fsp3) is 0.600. The van der Waals surface area contributed by atoms with Crippen molar-refractivity contribution in [2.24, 2.45) is 0 Å². The number of carbonyl (C=O) groups excluding carboxylic acids is 1. The van der Waals surface area contributed by atoms with Gasteiger partial charge in [0.15, 0.2) is 11.6 Å². The fourth-order valence-electron chi connectivity index (χ4n) is 6.86. The summed E-state index contributed by atoms with van der Waals surface area (Å²) in [6.45, 7) is 5.76. The molecule has 4 saturated heterocycles. The van der Waals surface area contributed by atoms with Crippen LogP contribution in [0.1, 0.15) is 37.8 Å². The average Bonchev–Trinajstić information content (AvgIpc) is 3.57. The molecule has 4 aliphatic rings. The molecule has 1 unspecified atom stereocenters. The summed E-state index contributed by atoms with van der Waals surface area (Å²) in [5, 5.41) is 17.3. The smallest absolute Gasteiger partial charge is 0.226 e. The van der Waals surface area contributed by atoms with Crippen LogP contribution in [-0.2, 0) is 9.53 Å². The van der Waals surface area contributed by atoms with Crippen LogP contribution in [0.4, 0.5) is 17.6 Å². The van der Waals surface area contributed by atoms with Gasteiger partial charge in [-0.1, -0.05) is 0 Å². The second-order valence-electron chi connectivity index (χ2n) is 10.7. The van der Waals surface area contributed by atoms with Crippen molar-refractivity contribution in [1.82, 2.24) is 30.0 Å². The zero-order valence-corrected chi connectivity index (χ0v) is 21.3. The van der Waals surface area contributed by atoms with Crippen LogP contribution in [0, 0.1) is 6.92 Å². The van der Waals surface area contributed by atoms with E-state index in [9.17, 15) is 4.79 Å². The van der Waals surface area contributed by atoms with Crippen LogP contribution in [0.5, 0.6) is 0 Å². The van der Waals surface area contributed by atoms with E-state index in [0.717, 1.165) is 86.0 Å². The van der Waals surface area contributed by atoms with Gasteiger partial charge in [-0.05, 0) is 50.5 Å². The Labute approximate surface area is 213 Å². The molecule has 0 amide bonds. The number of thiophene rings is 1. The Bertz CT molecular complexity index is 1290. The number of aryl methyl sites for hydroxylation is 1. The Morgan fingerprint density at radius 1 is 1.28 bits per heavy atom. The molecule has 36 heavy (non-hydrogen) atoms. The normalized spacial score (nSPS) is 30.2. The topological polar surface area (TPSA) is 111 Å². The van der Waals surface area contributed by atoms with Crippen molar-refractivity contribution in [3.05, 3.63) is 23.2 Å². The number of hydrogen-bond donors (Lipinski definition) is 3. The first kappa shape index (κ1) is 22.6. The van der Waals surface area contributed by atoms with Gasteiger partial charge < -0.3 is 15.4 Å². The number of piperidine rings is 1. The lowest BCUT2D eigenvalue weighted by molar-refractivity contribution is -0.153. The second kappa shape index (κ2) is 8.76. The van der Waals surface area contributed by atoms with Gasteiger partial charge in [0.25, 0.3) is 0 Å². The van der Waals surface area contributed by atoms with E-state index in [0.29, 0.717) is 36.4 Å². The van der Waals surface area contributed by atoms with Crippen LogP contribution in [0.25, 0.3) is 10.2 Å². The monoisotopic (exact) mass is 508 g/mol. The number of nitrogens with one attached hydrogen (secondary N) is 3. The number of carbonyl (C=O) groups is 1. The van der Waals surface area contributed by atoms with E-state index in [2.05, 4.69) is 30.6 Å². The first-order valence-electron chi connectivity index (χ1n) is 13.0. The van der Waals surface area contributed by atoms with Crippen molar-refractivity contribution in [1.29, 1.82) is 0 Å². The van der Waals surface area contributed by atoms with Gasteiger partial charge in [-0.15, -0.1) is 11.3 Å². The van der Waals surface area contributed by atoms with Crippen LogP contribution in [0.15, 0.2) is 17.5 Å². The van der Waals surface area contributed by atoms with Gasteiger partial charge in [0.05, 0.1) is 30.7 Å². The molecule has 0 spiro atoms. The number of H-pyrrole nitrogens is 1. The summed E-state index contributed by atoms with van der Waals surface area (Å²) in [6, 6.07) is 5.24. The van der Waals surface area contributed by atoms with E-state index in [1.165, 1.54) is 0 Å². The van der Waals surface area contributed by atoms with Crippen LogP contribution < -0.4 is 10.6 Å². The number of aromatic nitrogens is 4. The third-order valence-corrected chi connectivity index (χ3v) is 9.27. The minimum Gasteiger partial charge on any atom is -0.379 e. The maximum absolute atomic E-state index is 13.4. The van der Waals surface area contributed by atoms with E-state index >= 15 is 0 Å². The highest BCUT2D eigenvalue weighted by molar-refractivity contribution is 7.16. The summed E-state index contributed by atoms with van der Waals surface area (Å²) in [5.74, 6) is 2.59. The zero-order chi connectivity index (χ0) is 24.3. The molecule has 4 atom stereocenters. The Kier molecular flexibility index (Phi) is 5.49. The number of ether oxygens (including phenoxy) is 1. The lowest BCUT2D eigenvalue weighted by atomic mass is 9.71. The van der Waals surface area contributed by atoms with E-state index in [1.807, 2.05) is 24.4 Å². The van der Waals surface area contributed by atoms with Gasteiger partial charge in [-0.3, -0.25) is 19.7 Å². The number of rotatable bonds is 7. The van der Waals surface area contributed by atoms with Gasteiger partial charge in [0, 0.05) is 43.0 Å². The highest BCUT2D eigenvalue weighted by Gasteiger charge is 2.63. The van der Waals surface area contributed by atoms with Crippen LogP contribution in [0.2, 0.25) is 0 Å². The number of nitrogens with zero attached hydrogens (tertiary/aromatic N) is 5. The largest absolute Gasteiger partial charge is 0.379 e. The molecular formula is C25H32N8O2S. The number of Topliss-reactive ketones (excluding diaryl/α,β-unsaturated/α-hetero) is 1. The molecule has 0 aromatic carbocycles. The van der Waals surface area contributed by atoms with Crippen LogP contribution in [-0.4, -0.2) is 92.3 Å². The SMILES string of the molecule is Cc1cc(Nc2nc(N[C@@H]3C[C@H]4CCC5(C(=O)CN6CCOCC6)C[C@@H](C3)N45)nc3sccc23)n[nH]1. The summed E-state index contributed by atoms with van der Waals surface area (Å²) in [4.78, 5) is 28.9. The number of anilines is 3. The van der Waals surface area contributed by atoms with Crippen molar-refractivity contribution in [2.75, 3.05) is 43.5 Å². The van der Waals surface area contributed by atoms with E-state index in [4.69, 9.17) is 14.7 Å². The lowest BCUT2D eigenvalue weighted by Gasteiger charge is -2.59. The molecule has 0 aliphatic carbocycles. The molecule has 0 saturated carbocycles. The molecule has 3 aromatic rings. The summed E-state index contributed by atoms with van der Waals surface area (Å²) in [5.41, 5.74) is 0.777. The maximum Gasteiger partial charge on any atom is 0.226 e. The van der Waals surface area contributed by atoms with E-state index in [-0.39, 0.29) is 5.54 Å². The lowest BCUT2D eigenvalue weighted by Crippen LogP contribution is -2.72. The highest BCUT2D eigenvalue weighted by atomic mass is 32.1. The standard InChI is InChI=1S/C25H32N8O2S/c1-15-10-21(31-30-15)27-22-19-3-9-36-23(19)29-24(28-22)26-16-11-17-2-4-25(13-18(12-16)33(17)25)20(34)14-32-5-7-35-8-6-32/h3,9-10,16-18H,2,4-8,11-14H2,1H3,(H3,26,27,28,29,30,31)/t16-,17-,18-,25?/m1/s1. The van der Waals surface area contributed by atoms with Gasteiger partial charge >= 0.3 is 0 Å². The van der Waals surface area contributed by atoms with Gasteiger partial charge in [0.2, 0.25) is 5.95 Å². The Morgan fingerprint density at radius 3 is 2.97 bits per heavy atom. The van der Waals surface area contributed by atoms with Crippen LogP contribution in [0.3, 0.4) is 0 Å². The Balaban J connectivity index is 1.05. The Morgan fingerprint density at radius 2 is 2.14 bits per heavy atom. The maximum atomic E-state index is 13.4. The summed E-state index contributed by atoms with van der Waals surface area (Å²) >= 11 is 1.62.